The molecule has 2 aliphatic carbocycles. The van der Waals surface area contributed by atoms with Gasteiger partial charge >= 0.3 is 0 Å². The van der Waals surface area contributed by atoms with Crippen molar-refractivity contribution in [1.29, 1.82) is 0 Å². The molecule has 5 atom stereocenters. The normalized spacial score (nSPS) is 57.4. The Morgan fingerprint density at radius 1 is 1.17 bits per heavy atom. The van der Waals surface area contributed by atoms with Crippen LogP contribution >= 0.6 is 15.9 Å². The molecule has 0 amide bonds. The molecule has 2 fully saturated rings. The third-order valence-electron chi connectivity index (χ3n) is 5.94. The van der Waals surface area contributed by atoms with E-state index < -0.39 is 5.60 Å². The fourth-order valence-electron chi connectivity index (χ4n) is 4.22. The van der Waals surface area contributed by atoms with E-state index in [1.807, 2.05) is 13.0 Å². The van der Waals surface area contributed by atoms with Gasteiger partial charge in [0.05, 0.1) is 11.7 Å². The summed E-state index contributed by atoms with van der Waals surface area (Å²) in [6, 6.07) is 0. The zero-order valence-corrected chi connectivity index (χ0v) is 13.3. The number of halogens is 1. The second-order valence-electron chi connectivity index (χ2n) is 7.30. The van der Waals surface area contributed by atoms with Gasteiger partial charge in [0, 0.05) is 10.2 Å². The molecule has 18 heavy (non-hydrogen) atoms. The molecule has 0 aromatic carbocycles. The molecular weight excluding hydrogens is 292 g/mol. The summed E-state index contributed by atoms with van der Waals surface area (Å²) >= 11 is 3.86. The highest BCUT2D eigenvalue weighted by Crippen LogP contribution is 2.70. The van der Waals surface area contributed by atoms with Gasteiger partial charge in [0.15, 0.2) is 0 Å². The molecular formula is C15H23BrO2. The minimum atomic E-state index is -0.651. The van der Waals surface area contributed by atoms with E-state index in [0.717, 1.165) is 19.3 Å². The minimum Gasteiger partial charge on any atom is -0.386 e. The molecule has 1 saturated carbocycles. The number of hydrogen-bond acceptors (Lipinski definition) is 2. The lowest BCUT2D eigenvalue weighted by Crippen LogP contribution is -2.57. The number of aliphatic hydroxyl groups is 1. The van der Waals surface area contributed by atoms with E-state index in [-0.39, 0.29) is 16.4 Å². The van der Waals surface area contributed by atoms with Gasteiger partial charge in [-0.3, -0.25) is 0 Å². The second-order valence-corrected chi connectivity index (χ2v) is 8.41. The first-order valence-corrected chi connectivity index (χ1v) is 7.81. The van der Waals surface area contributed by atoms with Crippen molar-refractivity contribution in [2.24, 2.45) is 10.8 Å². The summed E-state index contributed by atoms with van der Waals surface area (Å²) in [5.41, 5.74) is -0.504. The van der Waals surface area contributed by atoms with Gasteiger partial charge in [-0.25, -0.2) is 0 Å². The lowest BCUT2D eigenvalue weighted by molar-refractivity contribution is -0.0198. The third-order valence-corrected chi connectivity index (χ3v) is 7.45. The second kappa shape index (κ2) is 3.42. The Bertz CT molecular complexity index is 415. The molecule has 3 heteroatoms. The first-order chi connectivity index (χ1) is 8.15. The van der Waals surface area contributed by atoms with Crippen LogP contribution in [0.2, 0.25) is 0 Å². The van der Waals surface area contributed by atoms with Gasteiger partial charge in [0.1, 0.15) is 5.60 Å². The van der Waals surface area contributed by atoms with Crippen molar-refractivity contribution < 1.29 is 9.84 Å². The van der Waals surface area contributed by atoms with Crippen LogP contribution in [0.4, 0.5) is 0 Å². The van der Waals surface area contributed by atoms with Crippen molar-refractivity contribution in [3.63, 3.8) is 0 Å². The summed E-state index contributed by atoms with van der Waals surface area (Å²) in [5, 5.41) is 10.2. The Labute approximate surface area is 118 Å². The van der Waals surface area contributed by atoms with Crippen LogP contribution in [0.5, 0.6) is 0 Å². The first-order valence-electron chi connectivity index (χ1n) is 6.89. The van der Waals surface area contributed by atoms with Crippen LogP contribution < -0.4 is 0 Å². The van der Waals surface area contributed by atoms with Crippen LogP contribution in [0.25, 0.3) is 0 Å². The number of alkyl halides is 1. The smallest absolute Gasteiger partial charge is 0.102 e. The fourth-order valence-corrected chi connectivity index (χ4v) is 4.97. The molecule has 3 rings (SSSR count). The van der Waals surface area contributed by atoms with E-state index in [0.29, 0.717) is 10.9 Å². The van der Waals surface area contributed by atoms with E-state index in [2.05, 4.69) is 42.8 Å². The average Bonchev–Trinajstić information content (AvgIpc) is 2.89. The predicted molar refractivity (Wildman–Crippen MR) is 75.8 cm³/mol. The summed E-state index contributed by atoms with van der Waals surface area (Å²) in [6.45, 7) is 8.81. The Balaban J connectivity index is 2.07. The van der Waals surface area contributed by atoms with Crippen LogP contribution in [0.15, 0.2) is 12.2 Å². The van der Waals surface area contributed by atoms with E-state index in [4.69, 9.17) is 4.74 Å². The van der Waals surface area contributed by atoms with Crippen molar-refractivity contribution in [3.05, 3.63) is 12.2 Å². The molecule has 102 valence electrons. The lowest BCUT2D eigenvalue weighted by atomic mass is 9.49. The molecule has 0 aromatic rings. The topological polar surface area (TPSA) is 32.8 Å². The maximum Gasteiger partial charge on any atom is 0.102 e. The van der Waals surface area contributed by atoms with Gasteiger partial charge in [0.25, 0.3) is 0 Å². The monoisotopic (exact) mass is 314 g/mol. The van der Waals surface area contributed by atoms with Crippen molar-refractivity contribution in [3.8, 4) is 0 Å². The molecule has 3 aliphatic rings. The number of fused-ring (bicyclic) bond motifs is 2. The highest BCUT2D eigenvalue weighted by molar-refractivity contribution is 9.09. The molecule has 1 spiro atoms. The zero-order chi connectivity index (χ0) is 13.4. The fraction of sp³-hybridized carbons (Fsp3) is 0.867. The van der Waals surface area contributed by atoms with Gasteiger partial charge in [-0.2, -0.15) is 0 Å². The van der Waals surface area contributed by atoms with E-state index in [9.17, 15) is 5.11 Å². The number of rotatable bonds is 0. The average molecular weight is 315 g/mol. The predicted octanol–water partition coefficient (Wildman–Crippen LogP) is 3.42. The maximum atomic E-state index is 10.2. The molecule has 0 aromatic heterocycles. The Kier molecular flexibility index (Phi) is 2.50. The van der Waals surface area contributed by atoms with E-state index in [1.165, 1.54) is 0 Å². The molecule has 2 nitrogen and oxygen atoms in total. The van der Waals surface area contributed by atoms with Crippen molar-refractivity contribution in [2.45, 2.75) is 69.1 Å². The van der Waals surface area contributed by atoms with Crippen molar-refractivity contribution >= 4 is 15.9 Å². The SMILES string of the molecule is CC1(C)[C@H](Br)C[C@H]2O[C@@]2(C)[C@]12C=C[C@@](C)(O)CC2. The Morgan fingerprint density at radius 2 is 1.83 bits per heavy atom. The maximum absolute atomic E-state index is 10.2. The Hall–Kier alpha value is 0.140. The van der Waals surface area contributed by atoms with Crippen LogP contribution in [-0.2, 0) is 4.74 Å². The van der Waals surface area contributed by atoms with Crippen LogP contribution in [-0.4, -0.2) is 27.2 Å². The third kappa shape index (κ3) is 1.41. The van der Waals surface area contributed by atoms with Crippen molar-refractivity contribution in [2.75, 3.05) is 0 Å². The largest absolute Gasteiger partial charge is 0.386 e. The van der Waals surface area contributed by atoms with Crippen LogP contribution in [0.1, 0.15) is 47.0 Å². The summed E-state index contributed by atoms with van der Waals surface area (Å²) in [4.78, 5) is 0.471. The van der Waals surface area contributed by atoms with Crippen LogP contribution in [0.3, 0.4) is 0 Å². The molecule has 0 radical (unpaired) electrons. The number of ether oxygens (including phenoxy) is 1. The van der Waals surface area contributed by atoms with Crippen molar-refractivity contribution in [1.82, 2.24) is 0 Å². The highest BCUT2D eigenvalue weighted by atomic mass is 79.9. The number of hydrogen-bond donors (Lipinski definition) is 1. The Morgan fingerprint density at radius 3 is 2.39 bits per heavy atom. The van der Waals surface area contributed by atoms with Gasteiger partial charge in [-0.1, -0.05) is 41.9 Å². The quantitative estimate of drug-likeness (QED) is 0.422. The highest BCUT2D eigenvalue weighted by Gasteiger charge is 2.74. The lowest BCUT2D eigenvalue weighted by Gasteiger charge is -2.55. The number of epoxide rings is 1. The molecule has 1 saturated heterocycles. The molecule has 0 unspecified atom stereocenters. The molecule has 1 N–H and O–H groups in total. The van der Waals surface area contributed by atoms with Gasteiger partial charge in [0.2, 0.25) is 0 Å². The molecule has 0 bridgehead atoms. The van der Waals surface area contributed by atoms with Crippen LogP contribution in [0, 0.1) is 10.8 Å². The summed E-state index contributed by atoms with van der Waals surface area (Å²) in [6.07, 6.45) is 7.53. The first kappa shape index (κ1) is 13.1. The minimum absolute atomic E-state index is 0.0340. The van der Waals surface area contributed by atoms with Gasteiger partial charge in [-0.15, -0.1) is 0 Å². The zero-order valence-electron chi connectivity index (χ0n) is 11.7. The summed E-state index contributed by atoms with van der Waals surface area (Å²) in [5.74, 6) is 0. The van der Waals surface area contributed by atoms with E-state index in [1.54, 1.807) is 0 Å². The van der Waals surface area contributed by atoms with Gasteiger partial charge in [-0.05, 0) is 38.5 Å². The van der Waals surface area contributed by atoms with E-state index >= 15 is 0 Å². The summed E-state index contributed by atoms with van der Waals surface area (Å²) < 4.78 is 6.07. The molecule has 1 aliphatic heterocycles. The van der Waals surface area contributed by atoms with Gasteiger partial charge < -0.3 is 9.84 Å². The summed E-state index contributed by atoms with van der Waals surface area (Å²) in [7, 11) is 0. The molecule has 1 heterocycles. The standard InChI is InChI=1S/C15H23BrO2/c1-12(2)10(16)9-11-14(4,18-11)15(12)7-5-13(3,17)6-8-15/h5,7,10-11,17H,6,8-9H2,1-4H3/t10-,11-,13-,14-,15+/m1/s1.